The number of hydrazine groups is 1. The second-order valence-electron chi connectivity index (χ2n) is 6.88. The second kappa shape index (κ2) is 9.36. The molecular formula is C21H20F3N3O6. The van der Waals surface area contributed by atoms with Crippen molar-refractivity contribution >= 4 is 23.4 Å². The lowest BCUT2D eigenvalue weighted by Crippen LogP contribution is -2.48. The summed E-state index contributed by atoms with van der Waals surface area (Å²) in [7, 11) is 4.16. The minimum Gasteiger partial charge on any atom is -0.493 e. The molecule has 0 radical (unpaired) electrons. The fraction of sp³-hybridized carbons (Fsp3) is 0.286. The molecule has 2 aromatic carbocycles. The van der Waals surface area contributed by atoms with Crippen LogP contribution in [0.15, 0.2) is 36.4 Å². The highest BCUT2D eigenvalue weighted by Crippen LogP contribution is 2.38. The van der Waals surface area contributed by atoms with E-state index in [4.69, 9.17) is 14.2 Å². The van der Waals surface area contributed by atoms with E-state index in [0.717, 1.165) is 12.1 Å². The molecule has 9 nitrogen and oxygen atoms in total. The van der Waals surface area contributed by atoms with Gasteiger partial charge in [-0.15, -0.1) is 0 Å². The van der Waals surface area contributed by atoms with Gasteiger partial charge in [0, 0.05) is 5.56 Å². The van der Waals surface area contributed by atoms with Crippen LogP contribution in [0, 0.1) is 0 Å². The van der Waals surface area contributed by atoms with Gasteiger partial charge in [-0.05, 0) is 30.3 Å². The topological polar surface area (TPSA) is 106 Å². The average molecular weight is 467 g/mol. The van der Waals surface area contributed by atoms with E-state index in [-0.39, 0.29) is 34.9 Å². The summed E-state index contributed by atoms with van der Waals surface area (Å²) in [5, 5.41) is 0. The van der Waals surface area contributed by atoms with Gasteiger partial charge in [0.25, 0.3) is 11.8 Å². The van der Waals surface area contributed by atoms with Crippen molar-refractivity contribution in [2.45, 2.75) is 18.6 Å². The average Bonchev–Trinajstić information content (AvgIpc) is 3.08. The van der Waals surface area contributed by atoms with Crippen LogP contribution in [0.2, 0.25) is 0 Å². The summed E-state index contributed by atoms with van der Waals surface area (Å²) in [4.78, 5) is 38.2. The van der Waals surface area contributed by atoms with Crippen LogP contribution < -0.4 is 30.0 Å². The highest BCUT2D eigenvalue weighted by Gasteiger charge is 2.41. The standard InChI is InChI=1S/C21H20F3N3O6/c1-31-15-7-11(8-16(32-2)18(15)33-3)19(29)26-25-14-10-17(28)27(20(14)30)13-6-4-5-12(9-13)21(22,23)24/h4-9,14,25H,10H2,1-3H3,(H,26,29)/t14-/m1/s1. The highest BCUT2D eigenvalue weighted by atomic mass is 19.4. The molecule has 0 aromatic heterocycles. The van der Waals surface area contributed by atoms with Crippen molar-refractivity contribution in [3.05, 3.63) is 47.5 Å². The molecule has 0 bridgehead atoms. The van der Waals surface area contributed by atoms with Crippen molar-refractivity contribution in [3.8, 4) is 17.2 Å². The van der Waals surface area contributed by atoms with Crippen LogP contribution >= 0.6 is 0 Å². The van der Waals surface area contributed by atoms with Gasteiger partial charge < -0.3 is 14.2 Å². The number of anilines is 1. The summed E-state index contributed by atoms with van der Waals surface area (Å²) in [5.41, 5.74) is 3.68. The highest BCUT2D eigenvalue weighted by molar-refractivity contribution is 6.22. The molecule has 1 heterocycles. The lowest BCUT2D eigenvalue weighted by Gasteiger charge is -2.18. The summed E-state index contributed by atoms with van der Waals surface area (Å²) in [5.74, 6) is -1.46. The number of amides is 3. The van der Waals surface area contributed by atoms with Gasteiger partial charge in [-0.25, -0.2) is 10.3 Å². The van der Waals surface area contributed by atoms with Crippen LogP contribution in [0.3, 0.4) is 0 Å². The molecule has 176 valence electrons. The van der Waals surface area contributed by atoms with Gasteiger partial charge in [-0.1, -0.05) is 6.07 Å². The number of alkyl halides is 3. The molecule has 0 spiro atoms. The monoisotopic (exact) mass is 467 g/mol. The predicted octanol–water partition coefficient (Wildman–Crippen LogP) is 2.30. The maximum Gasteiger partial charge on any atom is 0.416 e. The quantitative estimate of drug-likeness (QED) is 0.476. The van der Waals surface area contributed by atoms with Crippen LogP contribution in [-0.4, -0.2) is 45.1 Å². The molecule has 0 unspecified atom stereocenters. The molecule has 1 fully saturated rings. The zero-order valence-electron chi connectivity index (χ0n) is 17.8. The Kier molecular flexibility index (Phi) is 6.77. The molecule has 1 saturated heterocycles. The fourth-order valence-corrected chi connectivity index (χ4v) is 3.27. The summed E-state index contributed by atoms with van der Waals surface area (Å²) in [6.45, 7) is 0. The fourth-order valence-electron chi connectivity index (χ4n) is 3.27. The Balaban J connectivity index is 1.74. The van der Waals surface area contributed by atoms with Crippen molar-refractivity contribution in [2.75, 3.05) is 26.2 Å². The van der Waals surface area contributed by atoms with Crippen molar-refractivity contribution in [1.82, 2.24) is 10.9 Å². The molecule has 0 aliphatic carbocycles. The van der Waals surface area contributed by atoms with Crippen LogP contribution in [0.1, 0.15) is 22.3 Å². The number of methoxy groups -OCH3 is 3. The van der Waals surface area contributed by atoms with Gasteiger partial charge in [-0.2, -0.15) is 13.2 Å². The first-order valence-electron chi connectivity index (χ1n) is 9.50. The number of carbonyl (C=O) groups excluding carboxylic acids is 3. The molecule has 3 rings (SSSR count). The third kappa shape index (κ3) is 4.85. The number of hydrogen-bond acceptors (Lipinski definition) is 7. The van der Waals surface area contributed by atoms with Crippen LogP contribution in [0.25, 0.3) is 0 Å². The lowest BCUT2D eigenvalue weighted by molar-refractivity contribution is -0.137. The van der Waals surface area contributed by atoms with Crippen LogP contribution in [0.4, 0.5) is 18.9 Å². The van der Waals surface area contributed by atoms with E-state index in [9.17, 15) is 27.6 Å². The van der Waals surface area contributed by atoms with Gasteiger partial charge in [0.15, 0.2) is 11.5 Å². The van der Waals surface area contributed by atoms with E-state index in [0.29, 0.717) is 11.0 Å². The Morgan fingerprint density at radius 2 is 1.67 bits per heavy atom. The first kappa shape index (κ1) is 23.9. The van der Waals surface area contributed by atoms with Gasteiger partial charge in [-0.3, -0.25) is 19.8 Å². The Bertz CT molecular complexity index is 1060. The number of nitrogens with one attached hydrogen (secondary N) is 2. The van der Waals surface area contributed by atoms with E-state index in [2.05, 4.69) is 10.9 Å². The maximum absolute atomic E-state index is 13.0. The Labute approximate surface area is 186 Å². The molecule has 2 aromatic rings. The summed E-state index contributed by atoms with van der Waals surface area (Å²) in [6.07, 6.45) is -4.99. The van der Waals surface area contributed by atoms with Crippen LogP contribution in [-0.2, 0) is 15.8 Å². The van der Waals surface area contributed by atoms with E-state index < -0.39 is 35.5 Å². The molecule has 1 aliphatic rings. The summed E-state index contributed by atoms with van der Waals surface area (Å²) < 4.78 is 54.5. The van der Waals surface area contributed by atoms with Crippen molar-refractivity contribution in [2.24, 2.45) is 0 Å². The molecular weight excluding hydrogens is 447 g/mol. The van der Waals surface area contributed by atoms with Gasteiger partial charge in [0.2, 0.25) is 11.7 Å². The van der Waals surface area contributed by atoms with Crippen molar-refractivity contribution in [3.63, 3.8) is 0 Å². The molecule has 33 heavy (non-hydrogen) atoms. The number of carbonyl (C=O) groups is 3. The van der Waals surface area contributed by atoms with Gasteiger partial charge in [0.1, 0.15) is 6.04 Å². The molecule has 0 saturated carbocycles. The summed E-state index contributed by atoms with van der Waals surface area (Å²) in [6, 6.07) is 5.48. The number of ether oxygens (including phenoxy) is 3. The molecule has 1 atom stereocenters. The van der Waals surface area contributed by atoms with Crippen LogP contribution in [0.5, 0.6) is 17.2 Å². The Hall–Kier alpha value is -3.80. The third-order valence-electron chi connectivity index (χ3n) is 4.87. The maximum atomic E-state index is 13.0. The van der Waals surface area contributed by atoms with E-state index >= 15 is 0 Å². The molecule has 2 N–H and O–H groups in total. The van der Waals surface area contributed by atoms with Crippen molar-refractivity contribution in [1.29, 1.82) is 0 Å². The van der Waals surface area contributed by atoms with Gasteiger partial charge in [0.05, 0.1) is 39.0 Å². The Morgan fingerprint density at radius 3 is 2.21 bits per heavy atom. The number of nitrogens with zero attached hydrogens (tertiary/aromatic N) is 1. The third-order valence-corrected chi connectivity index (χ3v) is 4.87. The van der Waals surface area contributed by atoms with Gasteiger partial charge >= 0.3 is 6.18 Å². The summed E-state index contributed by atoms with van der Waals surface area (Å²) >= 11 is 0. The van der Waals surface area contributed by atoms with E-state index in [1.54, 1.807) is 0 Å². The molecule has 1 aliphatic heterocycles. The normalized spacial score (nSPS) is 16.1. The Morgan fingerprint density at radius 1 is 1.03 bits per heavy atom. The van der Waals surface area contributed by atoms with E-state index in [1.165, 1.54) is 39.5 Å². The number of rotatable bonds is 7. The number of benzene rings is 2. The number of imide groups is 1. The molecule has 12 heteroatoms. The largest absolute Gasteiger partial charge is 0.493 e. The number of hydrogen-bond donors (Lipinski definition) is 2. The minimum absolute atomic E-state index is 0.100. The second-order valence-corrected chi connectivity index (χ2v) is 6.88. The number of halogens is 3. The zero-order valence-corrected chi connectivity index (χ0v) is 17.8. The minimum atomic E-state index is -4.63. The van der Waals surface area contributed by atoms with E-state index in [1.807, 2.05) is 0 Å². The first-order chi connectivity index (χ1) is 15.6. The zero-order chi connectivity index (χ0) is 24.3. The van der Waals surface area contributed by atoms with Crippen molar-refractivity contribution < 1.29 is 41.8 Å². The SMILES string of the molecule is COc1cc(C(=O)NN[C@@H]2CC(=O)N(c3cccc(C(F)(F)F)c3)C2=O)cc(OC)c1OC. The predicted molar refractivity (Wildman–Crippen MR) is 109 cm³/mol. The first-order valence-corrected chi connectivity index (χ1v) is 9.50. The molecule has 3 amide bonds. The lowest BCUT2D eigenvalue weighted by atomic mass is 10.1. The smallest absolute Gasteiger partial charge is 0.416 e.